The molecule has 1 heterocycles. The lowest BCUT2D eigenvalue weighted by Crippen LogP contribution is -2.40. The van der Waals surface area contributed by atoms with E-state index in [-0.39, 0.29) is 24.4 Å². The van der Waals surface area contributed by atoms with E-state index in [1.54, 1.807) is 26.4 Å². The monoisotopic (exact) mass is 404 g/mol. The molecule has 0 radical (unpaired) electrons. The van der Waals surface area contributed by atoms with E-state index in [9.17, 15) is 4.79 Å². The van der Waals surface area contributed by atoms with Crippen molar-refractivity contribution >= 4 is 18.3 Å². The van der Waals surface area contributed by atoms with Crippen molar-refractivity contribution in [2.45, 2.75) is 25.3 Å². The second-order valence-electron chi connectivity index (χ2n) is 6.80. The van der Waals surface area contributed by atoms with Crippen molar-refractivity contribution in [3.8, 4) is 11.5 Å². The predicted molar refractivity (Wildman–Crippen MR) is 114 cm³/mol. The smallest absolute Gasteiger partial charge is 0.255 e. The molecule has 3 rings (SSSR count). The number of piperidine rings is 1. The van der Waals surface area contributed by atoms with Crippen molar-refractivity contribution in [1.82, 2.24) is 10.2 Å². The van der Waals surface area contributed by atoms with Gasteiger partial charge in [0.05, 0.1) is 25.8 Å². The van der Waals surface area contributed by atoms with Gasteiger partial charge in [-0.3, -0.25) is 9.69 Å². The van der Waals surface area contributed by atoms with Gasteiger partial charge in [-0.05, 0) is 55.8 Å². The van der Waals surface area contributed by atoms with E-state index >= 15 is 0 Å². The number of carbonyl (C=O) groups excluding carboxylic acids is 1. The molecular formula is C22H29ClN2O3. The molecule has 0 bridgehead atoms. The normalized spacial score (nSPS) is 15.2. The average molecular weight is 405 g/mol. The fourth-order valence-electron chi connectivity index (χ4n) is 3.63. The van der Waals surface area contributed by atoms with Crippen molar-refractivity contribution < 1.29 is 14.3 Å². The summed E-state index contributed by atoms with van der Waals surface area (Å²) < 4.78 is 10.6. The van der Waals surface area contributed by atoms with Gasteiger partial charge in [-0.25, -0.2) is 0 Å². The summed E-state index contributed by atoms with van der Waals surface area (Å²) in [5.74, 6) is 1.33. The summed E-state index contributed by atoms with van der Waals surface area (Å²) in [6, 6.07) is 15.6. The number of benzene rings is 2. The second-order valence-corrected chi connectivity index (χ2v) is 6.80. The Morgan fingerprint density at radius 1 is 1.00 bits per heavy atom. The number of methoxy groups -OCH3 is 2. The number of para-hydroxylation sites is 1. The highest BCUT2D eigenvalue weighted by atomic mass is 35.5. The molecule has 1 saturated heterocycles. The number of nitrogens with one attached hydrogen (secondary N) is 1. The number of likely N-dealkylation sites (tertiary alicyclic amines) is 1. The molecule has 2 aromatic rings. The Balaban J connectivity index is 0.00000280. The Bertz CT molecular complexity index is 746. The molecule has 0 spiro atoms. The van der Waals surface area contributed by atoms with Crippen molar-refractivity contribution in [1.29, 1.82) is 0 Å². The Hall–Kier alpha value is -2.24. The zero-order valence-corrected chi connectivity index (χ0v) is 17.3. The molecule has 1 aliphatic heterocycles. The minimum Gasteiger partial charge on any atom is -0.497 e. The van der Waals surface area contributed by atoms with Crippen molar-refractivity contribution in [2.75, 3.05) is 33.9 Å². The summed E-state index contributed by atoms with van der Waals surface area (Å²) in [5.41, 5.74) is 1.75. The molecule has 0 saturated carbocycles. The van der Waals surface area contributed by atoms with Crippen LogP contribution in [0.4, 0.5) is 0 Å². The van der Waals surface area contributed by atoms with Crippen LogP contribution in [0, 0.1) is 0 Å². The van der Waals surface area contributed by atoms with Crippen LogP contribution in [0.5, 0.6) is 11.5 Å². The van der Waals surface area contributed by atoms with Crippen molar-refractivity contribution in [3.63, 3.8) is 0 Å². The van der Waals surface area contributed by atoms with E-state index in [1.165, 1.54) is 24.8 Å². The predicted octanol–water partition coefficient (Wildman–Crippen LogP) is 4.08. The number of rotatable bonds is 7. The number of nitrogens with zero attached hydrogens (tertiary/aromatic N) is 1. The minimum absolute atomic E-state index is 0. The summed E-state index contributed by atoms with van der Waals surface area (Å²) >= 11 is 0. The Morgan fingerprint density at radius 3 is 2.32 bits per heavy atom. The third-order valence-electron chi connectivity index (χ3n) is 5.14. The first-order chi connectivity index (χ1) is 13.2. The van der Waals surface area contributed by atoms with Crippen molar-refractivity contribution in [2.24, 2.45) is 0 Å². The van der Waals surface area contributed by atoms with E-state index in [4.69, 9.17) is 9.47 Å². The molecule has 0 aromatic heterocycles. The first kappa shape index (κ1) is 22.1. The fourth-order valence-corrected chi connectivity index (χ4v) is 3.63. The topological polar surface area (TPSA) is 50.8 Å². The summed E-state index contributed by atoms with van der Waals surface area (Å²) in [4.78, 5) is 15.2. The number of hydrogen-bond donors (Lipinski definition) is 1. The molecule has 1 aliphatic rings. The van der Waals surface area contributed by atoms with E-state index in [0.29, 0.717) is 17.9 Å². The van der Waals surface area contributed by atoms with E-state index < -0.39 is 0 Å². The van der Waals surface area contributed by atoms with Gasteiger partial charge in [-0.1, -0.05) is 30.7 Å². The zero-order valence-electron chi connectivity index (χ0n) is 16.5. The number of halogens is 1. The summed E-state index contributed by atoms with van der Waals surface area (Å²) in [6.07, 6.45) is 3.68. The van der Waals surface area contributed by atoms with Crippen molar-refractivity contribution in [3.05, 3.63) is 59.7 Å². The largest absolute Gasteiger partial charge is 0.497 e. The standard InChI is InChI=1S/C22H28N2O3.ClH/c1-26-18-12-10-17(11-13-18)20(24-14-6-3-7-15-24)16-23-22(25)19-8-4-5-9-21(19)27-2;/h4-5,8-13,20H,3,6-7,14-16H2,1-2H3,(H,23,25);1H. The van der Waals surface area contributed by atoms with Crippen LogP contribution in [0.2, 0.25) is 0 Å². The quantitative estimate of drug-likeness (QED) is 0.755. The van der Waals surface area contributed by atoms with Gasteiger partial charge in [-0.15, -0.1) is 12.4 Å². The third kappa shape index (κ3) is 5.40. The minimum atomic E-state index is -0.108. The van der Waals surface area contributed by atoms with Gasteiger partial charge in [0.1, 0.15) is 11.5 Å². The average Bonchev–Trinajstić information content (AvgIpc) is 2.75. The number of hydrogen-bond acceptors (Lipinski definition) is 4. The lowest BCUT2D eigenvalue weighted by atomic mass is 10.0. The van der Waals surface area contributed by atoms with Crippen LogP contribution in [0.1, 0.15) is 41.2 Å². The Labute approximate surface area is 173 Å². The molecule has 0 aliphatic carbocycles. The van der Waals surface area contributed by atoms with E-state index in [2.05, 4.69) is 22.3 Å². The third-order valence-corrected chi connectivity index (χ3v) is 5.14. The van der Waals surface area contributed by atoms with Crippen LogP contribution in [0.25, 0.3) is 0 Å². The van der Waals surface area contributed by atoms with Gasteiger partial charge in [0.25, 0.3) is 5.91 Å². The van der Waals surface area contributed by atoms with Crippen LogP contribution < -0.4 is 14.8 Å². The Morgan fingerprint density at radius 2 is 1.68 bits per heavy atom. The number of amides is 1. The van der Waals surface area contributed by atoms with Crippen LogP contribution >= 0.6 is 12.4 Å². The van der Waals surface area contributed by atoms with Crippen LogP contribution in [0.3, 0.4) is 0 Å². The van der Waals surface area contributed by atoms with Crippen LogP contribution in [-0.4, -0.2) is 44.7 Å². The van der Waals surface area contributed by atoms with Gasteiger partial charge in [0.15, 0.2) is 0 Å². The zero-order chi connectivity index (χ0) is 19.1. The lowest BCUT2D eigenvalue weighted by molar-refractivity contribution is 0.0921. The molecule has 1 amide bonds. The van der Waals surface area contributed by atoms with Gasteiger partial charge in [0, 0.05) is 6.54 Å². The summed E-state index contributed by atoms with van der Waals surface area (Å²) in [6.45, 7) is 2.67. The van der Waals surface area contributed by atoms with E-state index in [1.807, 2.05) is 24.3 Å². The fraction of sp³-hybridized carbons (Fsp3) is 0.409. The number of carbonyl (C=O) groups is 1. The first-order valence-corrected chi connectivity index (χ1v) is 9.52. The second kappa shape index (κ2) is 10.9. The van der Waals surface area contributed by atoms with Gasteiger partial charge in [-0.2, -0.15) is 0 Å². The van der Waals surface area contributed by atoms with Gasteiger partial charge < -0.3 is 14.8 Å². The molecule has 28 heavy (non-hydrogen) atoms. The molecule has 5 nitrogen and oxygen atoms in total. The number of ether oxygens (including phenoxy) is 2. The van der Waals surface area contributed by atoms with Crippen LogP contribution in [0.15, 0.2) is 48.5 Å². The van der Waals surface area contributed by atoms with Gasteiger partial charge in [0.2, 0.25) is 0 Å². The highest BCUT2D eigenvalue weighted by Gasteiger charge is 2.23. The highest BCUT2D eigenvalue weighted by molar-refractivity contribution is 5.96. The Kier molecular flexibility index (Phi) is 8.61. The molecule has 1 N–H and O–H groups in total. The maximum Gasteiger partial charge on any atom is 0.255 e. The SMILES string of the molecule is COc1ccc(C(CNC(=O)c2ccccc2OC)N2CCCCC2)cc1.Cl. The van der Waals surface area contributed by atoms with Crippen LogP contribution in [-0.2, 0) is 0 Å². The molecular weight excluding hydrogens is 376 g/mol. The molecule has 2 aromatic carbocycles. The summed E-state index contributed by atoms with van der Waals surface area (Å²) in [5, 5.41) is 3.11. The highest BCUT2D eigenvalue weighted by Crippen LogP contribution is 2.26. The molecule has 1 atom stereocenters. The first-order valence-electron chi connectivity index (χ1n) is 9.52. The van der Waals surface area contributed by atoms with Gasteiger partial charge >= 0.3 is 0 Å². The molecule has 6 heteroatoms. The summed E-state index contributed by atoms with van der Waals surface area (Å²) in [7, 11) is 3.25. The van der Waals surface area contributed by atoms with E-state index in [0.717, 1.165) is 18.8 Å². The maximum atomic E-state index is 12.7. The lowest BCUT2D eigenvalue weighted by Gasteiger charge is -2.35. The molecule has 1 unspecified atom stereocenters. The molecule has 1 fully saturated rings. The molecule has 152 valence electrons. The maximum absolute atomic E-state index is 12.7.